The van der Waals surface area contributed by atoms with Crippen molar-refractivity contribution >= 4 is 27.5 Å². The lowest BCUT2D eigenvalue weighted by Gasteiger charge is -2.22. The summed E-state index contributed by atoms with van der Waals surface area (Å²) in [6, 6.07) is 9.94. The number of rotatable bonds is 5. The van der Waals surface area contributed by atoms with E-state index < -0.39 is 10.0 Å². The highest BCUT2D eigenvalue weighted by atomic mass is 35.5. The van der Waals surface area contributed by atoms with Crippen molar-refractivity contribution in [2.24, 2.45) is 0 Å². The lowest BCUT2D eigenvalue weighted by Crippen LogP contribution is -2.32. The van der Waals surface area contributed by atoms with E-state index in [2.05, 4.69) is 0 Å². The van der Waals surface area contributed by atoms with Gasteiger partial charge in [-0.15, -0.1) is 0 Å². The first-order chi connectivity index (χ1) is 14.9. The zero-order chi connectivity index (χ0) is 22.0. The van der Waals surface area contributed by atoms with E-state index in [9.17, 15) is 13.2 Å². The predicted octanol–water partition coefficient (Wildman–Crippen LogP) is 3.91. The van der Waals surface area contributed by atoms with Gasteiger partial charge in [-0.2, -0.15) is 4.31 Å². The van der Waals surface area contributed by atoms with Crippen LogP contribution in [0.15, 0.2) is 41.3 Å². The molecule has 4 rings (SSSR count). The summed E-state index contributed by atoms with van der Waals surface area (Å²) in [6.45, 7) is 1.47. The van der Waals surface area contributed by atoms with Crippen LogP contribution in [-0.2, 0) is 16.6 Å². The molecule has 1 fully saturated rings. The minimum absolute atomic E-state index is 0.0154. The molecule has 1 saturated heterocycles. The van der Waals surface area contributed by atoms with Gasteiger partial charge in [0.2, 0.25) is 16.8 Å². The summed E-state index contributed by atoms with van der Waals surface area (Å²) in [6.07, 6.45) is 3.69. The molecule has 2 aromatic rings. The molecule has 0 saturated carbocycles. The van der Waals surface area contributed by atoms with E-state index >= 15 is 0 Å². The molecule has 0 radical (unpaired) electrons. The number of fused-ring (bicyclic) bond motifs is 1. The number of carbonyl (C=O) groups is 1. The summed E-state index contributed by atoms with van der Waals surface area (Å²) < 4.78 is 38.6. The van der Waals surface area contributed by atoms with Crippen molar-refractivity contribution in [3.05, 3.63) is 52.5 Å². The largest absolute Gasteiger partial charge is 0.454 e. The Morgan fingerprint density at radius 3 is 2.48 bits per heavy atom. The number of amides is 1. The van der Waals surface area contributed by atoms with Gasteiger partial charge in [0.25, 0.3) is 5.91 Å². The second-order valence-corrected chi connectivity index (χ2v) is 10.1. The Hall–Kier alpha value is -2.29. The molecule has 2 heterocycles. The molecule has 31 heavy (non-hydrogen) atoms. The molecule has 0 aliphatic carbocycles. The normalized spacial score (nSPS) is 16.7. The van der Waals surface area contributed by atoms with Crippen LogP contribution in [0.25, 0.3) is 0 Å². The third kappa shape index (κ3) is 4.66. The summed E-state index contributed by atoms with van der Waals surface area (Å²) in [4.78, 5) is 14.5. The number of nitrogens with zero attached hydrogens (tertiary/aromatic N) is 2. The fraction of sp³-hybridized carbons (Fsp3) is 0.409. The van der Waals surface area contributed by atoms with E-state index in [1.807, 2.05) is 18.2 Å². The van der Waals surface area contributed by atoms with E-state index in [1.54, 1.807) is 13.1 Å². The van der Waals surface area contributed by atoms with Crippen LogP contribution in [0.5, 0.6) is 11.5 Å². The Morgan fingerprint density at radius 1 is 1.03 bits per heavy atom. The maximum atomic E-state index is 13.2. The van der Waals surface area contributed by atoms with Crippen LogP contribution in [-0.4, -0.2) is 50.5 Å². The van der Waals surface area contributed by atoms with E-state index in [0.29, 0.717) is 31.1 Å². The van der Waals surface area contributed by atoms with Crippen LogP contribution in [0.1, 0.15) is 41.6 Å². The highest BCUT2D eigenvalue weighted by molar-refractivity contribution is 7.89. The van der Waals surface area contributed by atoms with Crippen LogP contribution in [0.2, 0.25) is 5.02 Å². The zero-order valence-electron chi connectivity index (χ0n) is 17.3. The predicted molar refractivity (Wildman–Crippen MR) is 117 cm³/mol. The summed E-state index contributed by atoms with van der Waals surface area (Å²) in [5.74, 6) is 1.04. The van der Waals surface area contributed by atoms with Crippen molar-refractivity contribution in [2.75, 3.05) is 26.9 Å². The van der Waals surface area contributed by atoms with Gasteiger partial charge in [-0.05, 0) is 48.7 Å². The number of hydrogen-bond acceptors (Lipinski definition) is 5. The minimum atomic E-state index is -3.76. The third-order valence-electron chi connectivity index (χ3n) is 5.56. The maximum Gasteiger partial charge on any atom is 0.253 e. The Morgan fingerprint density at radius 2 is 1.74 bits per heavy atom. The van der Waals surface area contributed by atoms with Gasteiger partial charge in [-0.25, -0.2) is 8.42 Å². The molecule has 1 amide bonds. The standard InChI is InChI=1S/C22H25ClN2O5S/c1-24(14-16-6-9-19-20(12-16)30-15-29-19)22(26)17-7-8-18(23)21(13-17)31(27,28)25-10-4-2-3-5-11-25/h6-9,12-13H,2-5,10-11,14-15H2,1H3. The average molecular weight is 465 g/mol. The van der Waals surface area contributed by atoms with Crippen molar-refractivity contribution in [1.29, 1.82) is 0 Å². The van der Waals surface area contributed by atoms with Gasteiger partial charge in [0.1, 0.15) is 4.90 Å². The molecule has 7 nitrogen and oxygen atoms in total. The first kappa shape index (κ1) is 21.9. The summed E-state index contributed by atoms with van der Waals surface area (Å²) in [7, 11) is -2.09. The monoisotopic (exact) mass is 464 g/mol. The second-order valence-electron chi connectivity index (χ2n) is 7.81. The molecule has 2 aliphatic heterocycles. The lowest BCUT2D eigenvalue weighted by molar-refractivity contribution is 0.0784. The fourth-order valence-corrected chi connectivity index (χ4v) is 5.88. The first-order valence-electron chi connectivity index (χ1n) is 10.3. The van der Waals surface area contributed by atoms with Gasteiger partial charge in [0, 0.05) is 32.2 Å². The quantitative estimate of drug-likeness (QED) is 0.670. The minimum Gasteiger partial charge on any atom is -0.454 e. The van der Waals surface area contributed by atoms with E-state index in [-0.39, 0.29) is 28.2 Å². The van der Waals surface area contributed by atoms with Gasteiger partial charge in [-0.1, -0.05) is 30.5 Å². The molecule has 0 unspecified atom stereocenters. The smallest absolute Gasteiger partial charge is 0.253 e. The molecular formula is C22H25ClN2O5S. The highest BCUT2D eigenvalue weighted by Crippen LogP contribution is 2.33. The molecule has 0 spiro atoms. The second kappa shape index (κ2) is 9.06. The molecule has 0 aromatic heterocycles. The van der Waals surface area contributed by atoms with Crippen molar-refractivity contribution in [3.8, 4) is 11.5 Å². The molecule has 0 bridgehead atoms. The topological polar surface area (TPSA) is 76.1 Å². The van der Waals surface area contributed by atoms with Gasteiger partial charge in [0.15, 0.2) is 11.5 Å². The van der Waals surface area contributed by atoms with Crippen LogP contribution in [0.3, 0.4) is 0 Å². The van der Waals surface area contributed by atoms with Crippen LogP contribution in [0.4, 0.5) is 0 Å². The molecule has 0 atom stereocenters. The van der Waals surface area contributed by atoms with Crippen LogP contribution in [0, 0.1) is 0 Å². The number of carbonyl (C=O) groups excluding carboxylic acids is 1. The Bertz CT molecular complexity index is 1080. The van der Waals surface area contributed by atoms with Gasteiger partial charge in [-0.3, -0.25) is 4.79 Å². The van der Waals surface area contributed by atoms with Crippen molar-refractivity contribution in [1.82, 2.24) is 9.21 Å². The lowest BCUT2D eigenvalue weighted by atomic mass is 10.1. The fourth-order valence-electron chi connectivity index (χ4n) is 3.86. The molecule has 2 aromatic carbocycles. The third-order valence-corrected chi connectivity index (χ3v) is 7.94. The number of hydrogen-bond donors (Lipinski definition) is 0. The van der Waals surface area contributed by atoms with Gasteiger partial charge < -0.3 is 14.4 Å². The molecular weight excluding hydrogens is 440 g/mol. The Labute approximate surface area is 187 Å². The highest BCUT2D eigenvalue weighted by Gasteiger charge is 2.28. The van der Waals surface area contributed by atoms with Gasteiger partial charge in [0.05, 0.1) is 5.02 Å². The summed E-state index contributed by atoms with van der Waals surface area (Å²) >= 11 is 6.25. The van der Waals surface area contributed by atoms with Gasteiger partial charge >= 0.3 is 0 Å². The number of halogens is 1. The van der Waals surface area contributed by atoms with Crippen molar-refractivity contribution < 1.29 is 22.7 Å². The molecule has 2 aliphatic rings. The SMILES string of the molecule is CN(Cc1ccc2c(c1)OCO2)C(=O)c1ccc(Cl)c(S(=O)(=O)N2CCCCCC2)c1. The van der Waals surface area contributed by atoms with Crippen molar-refractivity contribution in [3.63, 3.8) is 0 Å². The summed E-state index contributed by atoms with van der Waals surface area (Å²) in [5, 5.41) is 0.124. The van der Waals surface area contributed by atoms with E-state index in [0.717, 1.165) is 31.2 Å². The molecule has 166 valence electrons. The van der Waals surface area contributed by atoms with E-state index in [4.69, 9.17) is 21.1 Å². The Kier molecular flexibility index (Phi) is 6.41. The number of benzene rings is 2. The zero-order valence-corrected chi connectivity index (χ0v) is 18.9. The number of ether oxygens (including phenoxy) is 2. The Balaban J connectivity index is 1.54. The first-order valence-corrected chi connectivity index (χ1v) is 12.1. The maximum absolute atomic E-state index is 13.2. The molecule has 9 heteroatoms. The number of sulfonamides is 1. The molecule has 0 N–H and O–H groups in total. The van der Waals surface area contributed by atoms with Crippen LogP contribution < -0.4 is 9.47 Å². The van der Waals surface area contributed by atoms with Crippen LogP contribution >= 0.6 is 11.6 Å². The average Bonchev–Trinajstić information content (AvgIpc) is 3.03. The summed E-state index contributed by atoms with van der Waals surface area (Å²) in [5.41, 5.74) is 1.16. The van der Waals surface area contributed by atoms with E-state index in [1.165, 1.54) is 21.3 Å². The van der Waals surface area contributed by atoms with Crippen molar-refractivity contribution in [2.45, 2.75) is 37.1 Å².